The zero-order valence-corrected chi connectivity index (χ0v) is 10.9. The van der Waals surface area contributed by atoms with Gasteiger partial charge in [-0.3, -0.25) is 9.89 Å². The summed E-state index contributed by atoms with van der Waals surface area (Å²) in [6.07, 6.45) is 4.20. The number of nitrogens with zero attached hydrogens (tertiary/aromatic N) is 2. The topological polar surface area (TPSA) is 70.7 Å². The Morgan fingerprint density at radius 1 is 1.42 bits per heavy atom. The molecule has 0 atom stereocenters. The Bertz CT molecular complexity index is 690. The average molecular weight is 272 g/mol. The zero-order valence-electron chi connectivity index (χ0n) is 10.1. The molecule has 1 aromatic carbocycles. The van der Waals surface area contributed by atoms with Crippen LogP contribution in [0.4, 0.5) is 0 Å². The van der Waals surface area contributed by atoms with E-state index >= 15 is 0 Å². The number of fused-ring (bicyclic) bond motifs is 1. The van der Waals surface area contributed by atoms with Crippen LogP contribution >= 0.6 is 11.3 Å². The van der Waals surface area contributed by atoms with Gasteiger partial charge < -0.3 is 5.32 Å². The van der Waals surface area contributed by atoms with Crippen molar-refractivity contribution in [1.82, 2.24) is 20.5 Å². The third-order valence-corrected chi connectivity index (χ3v) is 3.68. The molecule has 3 aromatic rings. The minimum absolute atomic E-state index is 0.0800. The van der Waals surface area contributed by atoms with Crippen molar-refractivity contribution < 1.29 is 4.79 Å². The Morgan fingerprint density at radius 3 is 3.21 bits per heavy atom. The number of aromatic nitrogens is 3. The van der Waals surface area contributed by atoms with E-state index < -0.39 is 0 Å². The van der Waals surface area contributed by atoms with Crippen molar-refractivity contribution in [2.45, 2.75) is 6.42 Å². The van der Waals surface area contributed by atoms with Gasteiger partial charge in [0.2, 0.25) is 0 Å². The van der Waals surface area contributed by atoms with Crippen LogP contribution in [0.3, 0.4) is 0 Å². The van der Waals surface area contributed by atoms with Gasteiger partial charge in [-0.2, -0.15) is 5.10 Å². The second kappa shape index (κ2) is 5.19. The van der Waals surface area contributed by atoms with Crippen LogP contribution in [-0.2, 0) is 6.42 Å². The van der Waals surface area contributed by atoms with E-state index in [-0.39, 0.29) is 5.91 Å². The lowest BCUT2D eigenvalue weighted by Gasteiger charge is -2.04. The second-order valence-corrected chi connectivity index (χ2v) is 5.05. The first-order chi connectivity index (χ1) is 9.34. The molecule has 0 aliphatic carbocycles. The van der Waals surface area contributed by atoms with Crippen LogP contribution in [0.1, 0.15) is 15.4 Å². The molecule has 19 heavy (non-hydrogen) atoms. The molecule has 0 aliphatic rings. The number of rotatable bonds is 4. The van der Waals surface area contributed by atoms with E-state index in [1.54, 1.807) is 29.8 Å². The fourth-order valence-corrected chi connectivity index (χ4v) is 2.54. The number of carbonyl (C=O) groups is 1. The summed E-state index contributed by atoms with van der Waals surface area (Å²) in [5.74, 6) is -0.0800. The van der Waals surface area contributed by atoms with Crippen LogP contribution < -0.4 is 5.32 Å². The van der Waals surface area contributed by atoms with E-state index in [9.17, 15) is 4.79 Å². The fourth-order valence-electron chi connectivity index (χ4n) is 1.92. The van der Waals surface area contributed by atoms with Gasteiger partial charge in [0.25, 0.3) is 5.91 Å². The molecule has 2 heterocycles. The van der Waals surface area contributed by atoms with Crippen LogP contribution in [0.15, 0.2) is 36.0 Å². The Balaban J connectivity index is 1.68. The third kappa shape index (κ3) is 2.48. The molecule has 0 spiro atoms. The first kappa shape index (κ1) is 11.9. The highest BCUT2D eigenvalue weighted by Crippen LogP contribution is 2.15. The van der Waals surface area contributed by atoms with Crippen molar-refractivity contribution in [1.29, 1.82) is 0 Å². The van der Waals surface area contributed by atoms with Crippen LogP contribution in [0.5, 0.6) is 0 Å². The van der Waals surface area contributed by atoms with Gasteiger partial charge in [0.15, 0.2) is 0 Å². The van der Waals surface area contributed by atoms with E-state index in [1.165, 1.54) is 0 Å². The van der Waals surface area contributed by atoms with Gasteiger partial charge in [0.1, 0.15) is 0 Å². The van der Waals surface area contributed by atoms with Crippen molar-refractivity contribution in [3.05, 3.63) is 46.5 Å². The average Bonchev–Trinajstić information content (AvgIpc) is 3.08. The van der Waals surface area contributed by atoms with Gasteiger partial charge in [-0.05, 0) is 12.1 Å². The largest absolute Gasteiger partial charge is 0.352 e. The van der Waals surface area contributed by atoms with E-state index in [0.29, 0.717) is 12.1 Å². The van der Waals surface area contributed by atoms with Gasteiger partial charge >= 0.3 is 0 Å². The summed E-state index contributed by atoms with van der Waals surface area (Å²) in [5, 5.41) is 13.5. The molecule has 1 amide bonds. The van der Waals surface area contributed by atoms with Crippen LogP contribution in [0, 0.1) is 0 Å². The number of benzene rings is 1. The molecule has 6 heteroatoms. The normalized spacial score (nSPS) is 10.7. The summed E-state index contributed by atoms with van der Waals surface area (Å²) < 4.78 is 0. The van der Waals surface area contributed by atoms with Crippen molar-refractivity contribution in [2.75, 3.05) is 6.54 Å². The molecule has 0 saturated carbocycles. The number of aromatic amines is 1. The van der Waals surface area contributed by atoms with Crippen molar-refractivity contribution in [3.63, 3.8) is 0 Å². The Morgan fingerprint density at radius 2 is 2.37 bits per heavy atom. The van der Waals surface area contributed by atoms with Gasteiger partial charge in [0, 0.05) is 29.9 Å². The van der Waals surface area contributed by atoms with Crippen LogP contribution in [-0.4, -0.2) is 27.6 Å². The van der Waals surface area contributed by atoms with Gasteiger partial charge in [0.05, 0.1) is 22.3 Å². The van der Waals surface area contributed by atoms with Gasteiger partial charge in [-0.15, -0.1) is 11.3 Å². The number of hydrogen-bond acceptors (Lipinski definition) is 4. The number of nitrogens with one attached hydrogen (secondary N) is 2. The predicted octanol–water partition coefficient (Wildman–Crippen LogP) is 1.99. The van der Waals surface area contributed by atoms with Crippen molar-refractivity contribution in [3.8, 4) is 0 Å². The van der Waals surface area contributed by atoms with E-state index in [0.717, 1.165) is 22.3 Å². The zero-order chi connectivity index (χ0) is 13.1. The first-order valence-corrected chi connectivity index (χ1v) is 6.81. The molecule has 0 saturated heterocycles. The third-order valence-electron chi connectivity index (χ3n) is 2.84. The molecular formula is C13H12N4OS. The highest BCUT2D eigenvalue weighted by molar-refractivity contribution is 7.09. The fraction of sp³-hybridized carbons (Fsp3) is 0.154. The molecule has 0 fully saturated rings. The molecule has 96 valence electrons. The molecule has 0 unspecified atom stereocenters. The Hall–Kier alpha value is -2.21. The maximum atomic E-state index is 12.1. The van der Waals surface area contributed by atoms with Gasteiger partial charge in [-0.1, -0.05) is 6.07 Å². The van der Waals surface area contributed by atoms with Crippen LogP contribution in [0.25, 0.3) is 10.9 Å². The quantitative estimate of drug-likeness (QED) is 0.763. The smallest absolute Gasteiger partial charge is 0.252 e. The Kier molecular flexibility index (Phi) is 3.24. The number of carbonyl (C=O) groups excluding carboxylic acids is 1. The highest BCUT2D eigenvalue weighted by Gasteiger charge is 2.10. The SMILES string of the molecule is O=C(NCCc1nccs1)c1cccc2[nH]ncc12. The molecule has 0 bridgehead atoms. The van der Waals surface area contributed by atoms with E-state index in [4.69, 9.17) is 0 Å². The summed E-state index contributed by atoms with van der Waals surface area (Å²) in [5.41, 5.74) is 1.51. The number of hydrogen-bond donors (Lipinski definition) is 2. The molecule has 5 nitrogen and oxygen atoms in total. The molecule has 0 radical (unpaired) electrons. The predicted molar refractivity (Wildman–Crippen MR) is 74.2 cm³/mol. The standard InChI is InChI=1S/C13H12N4OS/c18-13(15-5-4-12-14-6-7-19-12)9-2-1-3-11-10(9)8-16-17-11/h1-3,6-8H,4-5H2,(H,15,18)(H,16,17). The highest BCUT2D eigenvalue weighted by atomic mass is 32.1. The first-order valence-electron chi connectivity index (χ1n) is 5.93. The van der Waals surface area contributed by atoms with Crippen LogP contribution in [0.2, 0.25) is 0 Å². The lowest BCUT2D eigenvalue weighted by atomic mass is 10.1. The molecule has 2 aromatic heterocycles. The van der Waals surface area contributed by atoms with Crippen molar-refractivity contribution >= 4 is 28.1 Å². The summed E-state index contributed by atoms with van der Waals surface area (Å²) in [7, 11) is 0. The summed E-state index contributed by atoms with van der Waals surface area (Å²) in [4.78, 5) is 16.3. The summed E-state index contributed by atoms with van der Waals surface area (Å²) in [6, 6.07) is 5.54. The Labute approximate surface area is 113 Å². The maximum absolute atomic E-state index is 12.1. The van der Waals surface area contributed by atoms with E-state index in [1.807, 2.05) is 17.5 Å². The minimum atomic E-state index is -0.0800. The molecule has 2 N–H and O–H groups in total. The molecular weight excluding hydrogens is 260 g/mol. The lowest BCUT2D eigenvalue weighted by Crippen LogP contribution is -2.25. The summed E-state index contributed by atoms with van der Waals surface area (Å²) >= 11 is 1.60. The summed E-state index contributed by atoms with van der Waals surface area (Å²) in [6.45, 7) is 0.584. The molecule has 0 aliphatic heterocycles. The van der Waals surface area contributed by atoms with Gasteiger partial charge in [-0.25, -0.2) is 4.98 Å². The minimum Gasteiger partial charge on any atom is -0.352 e. The second-order valence-electron chi connectivity index (χ2n) is 4.07. The monoisotopic (exact) mass is 272 g/mol. The van der Waals surface area contributed by atoms with E-state index in [2.05, 4.69) is 20.5 Å². The lowest BCUT2D eigenvalue weighted by molar-refractivity contribution is 0.0956. The number of amides is 1. The maximum Gasteiger partial charge on any atom is 0.252 e. The number of H-pyrrole nitrogens is 1. The molecule has 3 rings (SSSR count). The van der Waals surface area contributed by atoms with Crippen molar-refractivity contribution in [2.24, 2.45) is 0 Å². The number of thiazole rings is 1.